The van der Waals surface area contributed by atoms with Crippen molar-refractivity contribution in [3.63, 3.8) is 0 Å². The molecule has 1 aromatic carbocycles. The molecule has 2 aliphatic rings. The van der Waals surface area contributed by atoms with Crippen molar-refractivity contribution in [3.05, 3.63) is 42.1 Å². The van der Waals surface area contributed by atoms with Crippen LogP contribution in [0.2, 0.25) is 0 Å². The van der Waals surface area contributed by atoms with Gasteiger partial charge in [0.2, 0.25) is 5.91 Å². The first kappa shape index (κ1) is 17.0. The maximum atomic E-state index is 12.7. The van der Waals surface area contributed by atoms with Gasteiger partial charge in [-0.3, -0.25) is 14.6 Å². The maximum Gasteiger partial charge on any atom is 0.251 e. The minimum absolute atomic E-state index is 0.0248. The van der Waals surface area contributed by atoms with Crippen molar-refractivity contribution < 1.29 is 14.3 Å². The summed E-state index contributed by atoms with van der Waals surface area (Å²) < 4.78 is 5.33. The highest BCUT2D eigenvalue weighted by Gasteiger charge is 2.37. The topological polar surface area (TPSA) is 71.5 Å². The van der Waals surface area contributed by atoms with Crippen LogP contribution in [-0.4, -0.2) is 54.0 Å². The highest BCUT2D eigenvalue weighted by atomic mass is 16.5. The third kappa shape index (κ3) is 3.29. The normalized spacial score (nSPS) is 25.6. The number of nitrogens with zero attached hydrogens (tertiary/aromatic N) is 2. The van der Waals surface area contributed by atoms with Crippen molar-refractivity contribution in [3.8, 4) is 0 Å². The molecule has 0 aliphatic carbocycles. The average Bonchev–Trinajstić information content (AvgIpc) is 3.31. The number of benzene rings is 1. The van der Waals surface area contributed by atoms with Gasteiger partial charge in [-0.1, -0.05) is 19.1 Å². The van der Waals surface area contributed by atoms with E-state index in [1.54, 1.807) is 6.20 Å². The van der Waals surface area contributed by atoms with Gasteiger partial charge in [0, 0.05) is 36.8 Å². The monoisotopic (exact) mass is 353 g/mol. The number of rotatable bonds is 3. The number of carbonyl (C=O) groups excluding carboxylic acids is 2. The summed E-state index contributed by atoms with van der Waals surface area (Å²) >= 11 is 0. The molecule has 3 heterocycles. The number of fused-ring (bicyclic) bond motifs is 1. The molecule has 0 bridgehead atoms. The molecule has 3 atom stereocenters. The molecule has 2 fully saturated rings. The lowest BCUT2D eigenvalue weighted by molar-refractivity contribution is -0.134. The van der Waals surface area contributed by atoms with Crippen LogP contribution in [0.5, 0.6) is 0 Å². The fraction of sp³-hybridized carbons (Fsp3) is 0.450. The summed E-state index contributed by atoms with van der Waals surface area (Å²) in [6, 6.07) is 9.35. The third-order valence-corrected chi connectivity index (χ3v) is 5.39. The van der Waals surface area contributed by atoms with Crippen LogP contribution in [0.15, 0.2) is 36.5 Å². The van der Waals surface area contributed by atoms with E-state index in [0.717, 1.165) is 17.3 Å². The summed E-state index contributed by atoms with van der Waals surface area (Å²) in [6.07, 6.45) is 2.52. The van der Waals surface area contributed by atoms with Gasteiger partial charge in [0.15, 0.2) is 0 Å². The first-order valence-electron chi connectivity index (χ1n) is 9.14. The van der Waals surface area contributed by atoms with Crippen LogP contribution in [0.4, 0.5) is 0 Å². The second-order valence-corrected chi connectivity index (χ2v) is 7.27. The van der Waals surface area contributed by atoms with Crippen molar-refractivity contribution in [1.29, 1.82) is 0 Å². The number of nitrogens with one attached hydrogen (secondary N) is 1. The van der Waals surface area contributed by atoms with Crippen molar-refractivity contribution in [2.75, 3.05) is 26.3 Å². The van der Waals surface area contributed by atoms with E-state index in [1.165, 1.54) is 0 Å². The van der Waals surface area contributed by atoms with Crippen LogP contribution in [0.25, 0.3) is 10.9 Å². The van der Waals surface area contributed by atoms with Gasteiger partial charge in [0.25, 0.3) is 5.91 Å². The number of amides is 2. The minimum Gasteiger partial charge on any atom is -0.381 e. The van der Waals surface area contributed by atoms with Crippen LogP contribution in [0, 0.1) is 11.8 Å². The molecule has 0 unspecified atom stereocenters. The van der Waals surface area contributed by atoms with Crippen LogP contribution >= 0.6 is 0 Å². The summed E-state index contributed by atoms with van der Waals surface area (Å²) in [5.74, 6) is 0.237. The maximum absolute atomic E-state index is 12.7. The molecule has 1 aromatic heterocycles. The van der Waals surface area contributed by atoms with Crippen molar-refractivity contribution >= 4 is 22.7 Å². The standard InChI is InChI=1S/C20H23N3O3/c1-13-10-23(20(25)16-6-8-26-12-16)11-18(13)22-19(24)15-5-4-14-3-2-7-21-17(14)9-15/h2-5,7,9,13,16,18H,6,8,10-12H2,1H3,(H,22,24)/t13-,16+,18+/m0/s1. The van der Waals surface area contributed by atoms with Gasteiger partial charge in [-0.25, -0.2) is 0 Å². The van der Waals surface area contributed by atoms with Gasteiger partial charge in [0.1, 0.15) is 0 Å². The molecular formula is C20H23N3O3. The summed E-state index contributed by atoms with van der Waals surface area (Å²) in [6.45, 7) is 4.50. The molecule has 6 nitrogen and oxygen atoms in total. The summed E-state index contributed by atoms with van der Waals surface area (Å²) in [7, 11) is 0. The van der Waals surface area contributed by atoms with Gasteiger partial charge < -0.3 is 15.0 Å². The summed E-state index contributed by atoms with van der Waals surface area (Å²) in [4.78, 5) is 31.4. The van der Waals surface area contributed by atoms with Crippen molar-refractivity contribution in [1.82, 2.24) is 15.2 Å². The van der Waals surface area contributed by atoms with E-state index in [4.69, 9.17) is 4.74 Å². The summed E-state index contributed by atoms with van der Waals surface area (Å²) in [5.41, 5.74) is 1.40. The Morgan fingerprint density at radius 1 is 1.27 bits per heavy atom. The quantitative estimate of drug-likeness (QED) is 0.914. The van der Waals surface area contributed by atoms with Gasteiger partial charge in [-0.05, 0) is 30.5 Å². The van der Waals surface area contributed by atoms with Crippen LogP contribution in [-0.2, 0) is 9.53 Å². The van der Waals surface area contributed by atoms with Gasteiger partial charge in [0.05, 0.1) is 24.1 Å². The van der Waals surface area contributed by atoms with Crippen LogP contribution in [0.1, 0.15) is 23.7 Å². The number of carbonyl (C=O) groups is 2. The Bertz CT molecular complexity index is 832. The third-order valence-electron chi connectivity index (χ3n) is 5.39. The molecule has 2 aliphatic heterocycles. The predicted octanol–water partition coefficient (Wildman–Crippen LogP) is 1.85. The van der Waals surface area contributed by atoms with Gasteiger partial charge >= 0.3 is 0 Å². The van der Waals surface area contributed by atoms with Gasteiger partial charge in [-0.15, -0.1) is 0 Å². The largest absolute Gasteiger partial charge is 0.381 e. The molecular weight excluding hydrogens is 330 g/mol. The Hall–Kier alpha value is -2.47. The Morgan fingerprint density at radius 2 is 2.15 bits per heavy atom. The number of likely N-dealkylation sites (tertiary alicyclic amines) is 1. The molecule has 26 heavy (non-hydrogen) atoms. The fourth-order valence-corrected chi connectivity index (χ4v) is 3.78. The minimum atomic E-state index is -0.118. The van der Waals surface area contributed by atoms with E-state index in [1.807, 2.05) is 35.2 Å². The number of hydrogen-bond donors (Lipinski definition) is 1. The zero-order chi connectivity index (χ0) is 18.1. The lowest BCUT2D eigenvalue weighted by Crippen LogP contribution is -2.41. The SMILES string of the molecule is C[C@H]1CN(C(=O)[C@@H]2CCOC2)C[C@H]1NC(=O)c1ccc2cccnc2c1. The van der Waals surface area contributed by atoms with E-state index in [2.05, 4.69) is 17.2 Å². The summed E-state index contributed by atoms with van der Waals surface area (Å²) in [5, 5.41) is 4.10. The Labute approximate surface area is 152 Å². The number of hydrogen-bond acceptors (Lipinski definition) is 4. The molecule has 0 radical (unpaired) electrons. The molecule has 2 amide bonds. The van der Waals surface area contributed by atoms with E-state index < -0.39 is 0 Å². The van der Waals surface area contributed by atoms with Crippen molar-refractivity contribution in [2.24, 2.45) is 11.8 Å². The molecule has 0 spiro atoms. The molecule has 2 aromatic rings. The highest BCUT2D eigenvalue weighted by Crippen LogP contribution is 2.23. The molecule has 2 saturated heterocycles. The van der Waals surface area contributed by atoms with E-state index in [0.29, 0.717) is 31.9 Å². The zero-order valence-electron chi connectivity index (χ0n) is 14.9. The molecule has 0 saturated carbocycles. The predicted molar refractivity (Wildman–Crippen MR) is 97.7 cm³/mol. The molecule has 6 heteroatoms. The molecule has 4 rings (SSSR count). The zero-order valence-corrected chi connectivity index (χ0v) is 14.9. The van der Waals surface area contributed by atoms with Crippen LogP contribution < -0.4 is 5.32 Å². The van der Waals surface area contributed by atoms with E-state index in [-0.39, 0.29) is 29.7 Å². The molecule has 136 valence electrons. The van der Waals surface area contributed by atoms with Gasteiger partial charge in [-0.2, -0.15) is 0 Å². The Kier molecular flexibility index (Phi) is 4.59. The van der Waals surface area contributed by atoms with Crippen molar-refractivity contribution in [2.45, 2.75) is 19.4 Å². The Morgan fingerprint density at radius 3 is 2.96 bits per heavy atom. The highest BCUT2D eigenvalue weighted by molar-refractivity contribution is 5.98. The molecule has 1 N–H and O–H groups in total. The first-order valence-corrected chi connectivity index (χ1v) is 9.14. The first-order chi connectivity index (χ1) is 12.6. The fourth-order valence-electron chi connectivity index (χ4n) is 3.78. The number of ether oxygens (including phenoxy) is 1. The Balaban J connectivity index is 1.42. The van der Waals surface area contributed by atoms with E-state index in [9.17, 15) is 9.59 Å². The second-order valence-electron chi connectivity index (χ2n) is 7.27. The number of pyridine rings is 1. The average molecular weight is 353 g/mol. The lowest BCUT2D eigenvalue weighted by Gasteiger charge is -2.20. The van der Waals surface area contributed by atoms with E-state index >= 15 is 0 Å². The number of aromatic nitrogens is 1. The lowest BCUT2D eigenvalue weighted by atomic mass is 10.1. The second kappa shape index (κ2) is 7.03. The smallest absolute Gasteiger partial charge is 0.251 e. The van der Waals surface area contributed by atoms with Crippen LogP contribution in [0.3, 0.4) is 0 Å².